The third-order valence-corrected chi connectivity index (χ3v) is 10.2. The van der Waals surface area contributed by atoms with Crippen molar-refractivity contribution in [3.63, 3.8) is 0 Å². The third-order valence-electron chi connectivity index (χ3n) is 9.75. The number of likely N-dealkylation sites (N-methyl/N-ethyl adjacent to an activating group) is 2. The first kappa shape index (κ1) is 41.8. The number of hydrogen-bond acceptors (Lipinski definition) is 10. The van der Waals surface area contributed by atoms with Gasteiger partial charge < -0.3 is 29.5 Å². The second kappa shape index (κ2) is 17.4. The highest BCUT2D eigenvalue weighted by molar-refractivity contribution is 9.10. The average molecular weight is 860 g/mol. The van der Waals surface area contributed by atoms with Gasteiger partial charge in [-0.05, 0) is 48.5 Å². The number of fused-ring (bicyclic) bond motifs is 2. The molecule has 2 aliphatic rings. The maximum atomic E-state index is 12.1. The van der Waals surface area contributed by atoms with Gasteiger partial charge in [-0.2, -0.15) is 10.2 Å². The highest BCUT2D eigenvalue weighted by Gasteiger charge is 2.43. The molecule has 0 saturated carbocycles. The Morgan fingerprint density at radius 2 is 1.19 bits per heavy atom. The number of hydrogen-bond donors (Lipinski definition) is 2. The number of carbonyl (C=O) groups is 4. The summed E-state index contributed by atoms with van der Waals surface area (Å²) in [4.78, 5) is 49.9. The van der Waals surface area contributed by atoms with E-state index in [0.717, 1.165) is 26.6 Å². The van der Waals surface area contributed by atoms with Crippen LogP contribution in [-0.2, 0) is 19.1 Å². The minimum Gasteiger partial charge on any atom is -0.464 e. The van der Waals surface area contributed by atoms with E-state index in [4.69, 9.17) is 15.9 Å². The van der Waals surface area contributed by atoms with Crippen LogP contribution in [0.3, 0.4) is 0 Å². The number of ether oxygens (including phenoxy) is 2. The van der Waals surface area contributed by atoms with Crippen LogP contribution in [0.15, 0.2) is 102 Å². The first-order valence-electron chi connectivity index (χ1n) is 18.2. The fourth-order valence-corrected chi connectivity index (χ4v) is 6.86. The van der Waals surface area contributed by atoms with Gasteiger partial charge in [-0.1, -0.05) is 82.2 Å². The lowest BCUT2D eigenvalue weighted by molar-refractivity contribution is -0.138. The summed E-state index contributed by atoms with van der Waals surface area (Å²) in [5, 5.41) is 30.1. The van der Waals surface area contributed by atoms with Crippen LogP contribution in [0.5, 0.6) is 0 Å². The summed E-state index contributed by atoms with van der Waals surface area (Å²) < 4.78 is 14.0. The molecule has 15 heteroatoms. The molecule has 0 unspecified atom stereocenters. The van der Waals surface area contributed by atoms with Crippen molar-refractivity contribution in [2.24, 2.45) is 0 Å². The van der Waals surface area contributed by atoms with Crippen LogP contribution >= 0.6 is 15.9 Å². The standard InChI is InChI=1S/C22H19N3O4.C15H11BrN2O2.C7H9NO2/c1-24-13-12-22(28,21(24)27)11-10-15-6-5-7-16(14-15)25-18-9-4-3-8-17(18)19(23-25)20(26)29-2;1-20-15(19)14-12-7-2-3-8-13(12)18(17-14)11-6-4-5-10(16)9-11;1-3-7(10)4-5-8(2)6(7)9/h3-9,14,28H,12-13H2,1-2H3;2-9H,1H3;1,10H,4-5H2,2H3/t22-;;7-/m0.0/s1. The molecule has 2 fully saturated rings. The van der Waals surface area contributed by atoms with E-state index in [1.807, 2.05) is 78.9 Å². The molecule has 59 heavy (non-hydrogen) atoms. The molecule has 14 nitrogen and oxygen atoms in total. The van der Waals surface area contributed by atoms with Crippen molar-refractivity contribution >= 4 is 61.5 Å². The lowest BCUT2D eigenvalue weighted by Crippen LogP contribution is -2.37. The van der Waals surface area contributed by atoms with Crippen molar-refractivity contribution in [1.82, 2.24) is 29.4 Å². The number of halogens is 1. The maximum Gasteiger partial charge on any atom is 0.359 e. The minimum atomic E-state index is -1.65. The van der Waals surface area contributed by atoms with Crippen LogP contribution in [0.25, 0.3) is 33.2 Å². The summed E-state index contributed by atoms with van der Waals surface area (Å²) in [5.74, 6) is 5.99. The molecule has 0 aliphatic carbocycles. The largest absolute Gasteiger partial charge is 0.464 e. The molecule has 0 radical (unpaired) electrons. The molecule has 0 spiro atoms. The molecule has 2 N–H and O–H groups in total. The van der Waals surface area contributed by atoms with E-state index in [2.05, 4.69) is 43.9 Å². The van der Waals surface area contributed by atoms with Gasteiger partial charge in [0.2, 0.25) is 11.2 Å². The van der Waals surface area contributed by atoms with Crippen LogP contribution in [-0.4, -0.2) is 116 Å². The first-order chi connectivity index (χ1) is 28.2. The molecular formula is C44H39BrN6O8. The summed E-state index contributed by atoms with van der Waals surface area (Å²) in [6.07, 6.45) is 5.60. The van der Waals surface area contributed by atoms with Crippen LogP contribution in [0.1, 0.15) is 39.4 Å². The summed E-state index contributed by atoms with van der Waals surface area (Å²) >= 11 is 3.44. The number of benzene rings is 4. The average Bonchev–Trinajstić information content (AvgIpc) is 3.99. The van der Waals surface area contributed by atoms with E-state index in [1.54, 1.807) is 41.7 Å². The molecule has 8 rings (SSSR count). The van der Waals surface area contributed by atoms with Crippen LogP contribution < -0.4 is 0 Å². The SMILES string of the molecule is C#C[C@]1(O)CCN(C)C1=O.COC(=O)c1nn(-c2cccc(Br)c2)c2ccccc12.COC(=O)c1nn(-c2cccc(C#C[C@]3(O)CCN(C)C3=O)c2)c2ccccc12. The number of aliphatic hydroxyl groups is 2. The fraction of sp³-hybridized carbons (Fsp3) is 0.227. The molecule has 2 aliphatic heterocycles. The number of carbonyl (C=O) groups excluding carboxylic acids is 4. The highest BCUT2D eigenvalue weighted by atomic mass is 79.9. The number of amides is 2. The zero-order valence-electron chi connectivity index (χ0n) is 32.5. The van der Waals surface area contributed by atoms with Gasteiger partial charge in [0, 0.05) is 60.8 Å². The van der Waals surface area contributed by atoms with Gasteiger partial charge >= 0.3 is 11.9 Å². The molecular weight excluding hydrogens is 820 g/mol. The predicted molar refractivity (Wildman–Crippen MR) is 223 cm³/mol. The summed E-state index contributed by atoms with van der Waals surface area (Å²) in [6.45, 7) is 1.01. The number of para-hydroxylation sites is 2. The lowest BCUT2D eigenvalue weighted by atomic mass is 10.0. The predicted octanol–water partition coefficient (Wildman–Crippen LogP) is 4.54. The van der Waals surface area contributed by atoms with E-state index in [0.29, 0.717) is 41.8 Å². The molecule has 2 aromatic heterocycles. The Morgan fingerprint density at radius 3 is 1.63 bits per heavy atom. The monoisotopic (exact) mass is 858 g/mol. The van der Waals surface area contributed by atoms with Crippen molar-refractivity contribution in [1.29, 1.82) is 0 Å². The highest BCUT2D eigenvalue weighted by Crippen LogP contribution is 2.26. The number of esters is 2. The molecule has 300 valence electrons. The molecule has 4 heterocycles. The Labute approximate surface area is 348 Å². The number of nitrogens with zero attached hydrogens (tertiary/aromatic N) is 6. The first-order valence-corrected chi connectivity index (χ1v) is 19.0. The molecule has 2 saturated heterocycles. The zero-order valence-corrected chi connectivity index (χ0v) is 34.1. The molecule has 6 aromatic rings. The van der Waals surface area contributed by atoms with E-state index in [-0.39, 0.29) is 23.9 Å². The fourth-order valence-electron chi connectivity index (χ4n) is 6.48. The minimum absolute atomic E-state index is 0.230. The number of terminal acetylenes is 1. The quantitative estimate of drug-likeness (QED) is 0.190. The van der Waals surface area contributed by atoms with E-state index < -0.39 is 23.1 Å². The van der Waals surface area contributed by atoms with Crippen LogP contribution in [0.4, 0.5) is 0 Å². The van der Waals surface area contributed by atoms with Gasteiger partial charge in [-0.15, -0.1) is 6.42 Å². The molecule has 2 amide bonds. The summed E-state index contributed by atoms with van der Waals surface area (Å²) in [6, 6.07) is 29.9. The molecule has 2 atom stereocenters. The second-order valence-corrected chi connectivity index (χ2v) is 14.6. The number of rotatable bonds is 4. The van der Waals surface area contributed by atoms with Gasteiger partial charge in [-0.3, -0.25) is 9.59 Å². The van der Waals surface area contributed by atoms with E-state index in [9.17, 15) is 29.4 Å². The van der Waals surface area contributed by atoms with Crippen molar-refractivity contribution in [2.45, 2.75) is 24.0 Å². The summed E-state index contributed by atoms with van der Waals surface area (Å²) in [7, 11) is 5.94. The Morgan fingerprint density at radius 1 is 0.712 bits per heavy atom. The van der Waals surface area contributed by atoms with Gasteiger partial charge in [0.1, 0.15) is 0 Å². The van der Waals surface area contributed by atoms with E-state index >= 15 is 0 Å². The second-order valence-electron chi connectivity index (χ2n) is 13.6. The van der Waals surface area contributed by atoms with Gasteiger partial charge in [-0.25, -0.2) is 19.0 Å². The molecule has 4 aromatic carbocycles. The normalized spacial score (nSPS) is 18.3. The Balaban J connectivity index is 0.000000168. The Bertz CT molecular complexity index is 2710. The van der Waals surface area contributed by atoms with Crippen LogP contribution in [0.2, 0.25) is 0 Å². The topological polar surface area (TPSA) is 169 Å². The Kier molecular flexibility index (Phi) is 12.3. The summed E-state index contributed by atoms with van der Waals surface area (Å²) in [5.41, 5.74) is 1.20. The van der Waals surface area contributed by atoms with E-state index in [1.165, 1.54) is 24.0 Å². The van der Waals surface area contributed by atoms with Crippen LogP contribution in [0, 0.1) is 24.2 Å². The maximum absolute atomic E-state index is 12.1. The number of likely N-dealkylation sites (tertiary alicyclic amines) is 2. The third kappa shape index (κ3) is 8.59. The van der Waals surface area contributed by atoms with Gasteiger partial charge in [0.25, 0.3) is 11.8 Å². The number of methoxy groups -OCH3 is 2. The lowest BCUT2D eigenvalue weighted by Gasteiger charge is -2.13. The van der Waals surface area contributed by atoms with Crippen molar-refractivity contribution in [2.75, 3.05) is 41.4 Å². The van der Waals surface area contributed by atoms with Gasteiger partial charge in [0.05, 0.1) is 36.6 Å². The Hall–Kier alpha value is -6.78. The van der Waals surface area contributed by atoms with Crippen molar-refractivity contribution < 1.29 is 38.9 Å². The smallest absolute Gasteiger partial charge is 0.359 e. The van der Waals surface area contributed by atoms with Crippen molar-refractivity contribution in [3.8, 4) is 35.6 Å². The number of aromatic nitrogens is 4. The molecule has 0 bridgehead atoms. The van der Waals surface area contributed by atoms with Crippen molar-refractivity contribution in [3.05, 3.63) is 118 Å². The van der Waals surface area contributed by atoms with Gasteiger partial charge in [0.15, 0.2) is 11.4 Å². The zero-order chi connectivity index (χ0) is 42.5.